The molecule has 0 aromatic heterocycles. The SMILES string of the molecule is O=C(CCN1C(=O)[C@H]2CC=CC[C@H]2C1=O)NNc1cc(C(=O)O)ccc1Cl. The van der Waals surface area contributed by atoms with Crippen molar-refractivity contribution >= 4 is 41.0 Å². The third kappa shape index (κ3) is 3.95. The highest BCUT2D eigenvalue weighted by Gasteiger charge is 2.46. The lowest BCUT2D eigenvalue weighted by atomic mass is 9.85. The van der Waals surface area contributed by atoms with E-state index in [9.17, 15) is 19.2 Å². The van der Waals surface area contributed by atoms with Crippen LogP contribution >= 0.6 is 11.6 Å². The van der Waals surface area contributed by atoms with E-state index in [0.29, 0.717) is 12.8 Å². The van der Waals surface area contributed by atoms with Crippen molar-refractivity contribution in [1.82, 2.24) is 10.3 Å². The number of carbonyl (C=O) groups excluding carboxylic acids is 3. The fourth-order valence-electron chi connectivity index (χ4n) is 3.26. The second-order valence-corrected chi connectivity index (χ2v) is 6.81. The Balaban J connectivity index is 1.53. The number of imide groups is 1. The number of benzene rings is 1. The van der Waals surface area contributed by atoms with Crippen LogP contribution in [0.5, 0.6) is 0 Å². The summed E-state index contributed by atoms with van der Waals surface area (Å²) in [5.41, 5.74) is 5.20. The number of hydrogen-bond acceptors (Lipinski definition) is 5. The van der Waals surface area contributed by atoms with Gasteiger partial charge in [-0.2, -0.15) is 0 Å². The molecule has 1 saturated heterocycles. The number of allylic oxidation sites excluding steroid dienone is 2. The van der Waals surface area contributed by atoms with Gasteiger partial charge < -0.3 is 5.11 Å². The van der Waals surface area contributed by atoms with Crippen molar-refractivity contribution in [3.8, 4) is 0 Å². The molecule has 1 fully saturated rings. The third-order valence-corrected chi connectivity index (χ3v) is 5.04. The lowest BCUT2D eigenvalue weighted by Crippen LogP contribution is -2.37. The highest BCUT2D eigenvalue weighted by Crippen LogP contribution is 2.35. The van der Waals surface area contributed by atoms with Crippen LogP contribution in [-0.4, -0.2) is 40.2 Å². The molecule has 3 amide bonds. The van der Waals surface area contributed by atoms with Gasteiger partial charge in [0.25, 0.3) is 0 Å². The van der Waals surface area contributed by atoms with Crippen LogP contribution < -0.4 is 10.9 Å². The molecule has 0 radical (unpaired) electrons. The van der Waals surface area contributed by atoms with Crippen molar-refractivity contribution in [3.05, 3.63) is 40.9 Å². The first-order valence-electron chi connectivity index (χ1n) is 8.46. The molecule has 1 heterocycles. The first-order valence-corrected chi connectivity index (χ1v) is 8.84. The second kappa shape index (κ2) is 7.79. The number of rotatable bonds is 6. The Hall–Kier alpha value is -2.87. The van der Waals surface area contributed by atoms with Gasteiger partial charge in [-0.25, -0.2) is 4.79 Å². The van der Waals surface area contributed by atoms with Gasteiger partial charge in [0.15, 0.2) is 0 Å². The van der Waals surface area contributed by atoms with Crippen LogP contribution in [-0.2, 0) is 14.4 Å². The summed E-state index contributed by atoms with van der Waals surface area (Å²) in [6.07, 6.45) is 4.84. The van der Waals surface area contributed by atoms with E-state index in [1.165, 1.54) is 18.2 Å². The molecule has 2 atom stereocenters. The highest BCUT2D eigenvalue weighted by atomic mass is 35.5. The number of amides is 3. The Kier molecular flexibility index (Phi) is 5.46. The first kappa shape index (κ1) is 18.9. The maximum absolute atomic E-state index is 12.3. The lowest BCUT2D eigenvalue weighted by Gasteiger charge is -2.15. The molecule has 0 unspecified atom stereocenters. The minimum Gasteiger partial charge on any atom is -0.478 e. The number of carboxylic acid groups (broad SMARTS) is 1. The Morgan fingerprint density at radius 2 is 1.78 bits per heavy atom. The molecular weight excluding hydrogens is 374 g/mol. The predicted octanol–water partition coefficient (Wildman–Crippen LogP) is 1.82. The summed E-state index contributed by atoms with van der Waals surface area (Å²) in [6, 6.07) is 4.03. The number of carbonyl (C=O) groups is 4. The third-order valence-electron chi connectivity index (χ3n) is 4.71. The van der Waals surface area contributed by atoms with Gasteiger partial charge in [-0.1, -0.05) is 23.8 Å². The van der Waals surface area contributed by atoms with Crippen LogP contribution in [0.3, 0.4) is 0 Å². The zero-order valence-corrected chi connectivity index (χ0v) is 15.0. The Labute approximate surface area is 160 Å². The van der Waals surface area contributed by atoms with Crippen molar-refractivity contribution in [1.29, 1.82) is 0 Å². The molecule has 0 saturated carbocycles. The van der Waals surface area contributed by atoms with E-state index >= 15 is 0 Å². The van der Waals surface area contributed by atoms with E-state index in [-0.39, 0.29) is 52.9 Å². The number of anilines is 1. The largest absolute Gasteiger partial charge is 0.478 e. The number of likely N-dealkylation sites (tertiary alicyclic amines) is 1. The molecule has 0 bridgehead atoms. The van der Waals surface area contributed by atoms with Gasteiger partial charge in [-0.05, 0) is 31.0 Å². The minimum atomic E-state index is -1.12. The van der Waals surface area contributed by atoms with Gasteiger partial charge in [0.2, 0.25) is 17.7 Å². The molecule has 27 heavy (non-hydrogen) atoms. The monoisotopic (exact) mass is 391 g/mol. The molecule has 3 N–H and O–H groups in total. The zero-order valence-electron chi connectivity index (χ0n) is 14.3. The molecule has 8 nitrogen and oxygen atoms in total. The van der Waals surface area contributed by atoms with Gasteiger partial charge in [0.05, 0.1) is 28.1 Å². The van der Waals surface area contributed by atoms with E-state index in [1.807, 2.05) is 12.2 Å². The quantitative estimate of drug-likeness (QED) is 0.387. The zero-order chi connectivity index (χ0) is 19.6. The summed E-state index contributed by atoms with van der Waals surface area (Å²) >= 11 is 5.96. The number of aromatic carboxylic acids is 1. The maximum atomic E-state index is 12.3. The number of carboxylic acids is 1. The van der Waals surface area contributed by atoms with Gasteiger partial charge in [-0.3, -0.25) is 30.1 Å². The average molecular weight is 392 g/mol. The molecule has 9 heteroatoms. The highest BCUT2D eigenvalue weighted by molar-refractivity contribution is 6.33. The van der Waals surface area contributed by atoms with Gasteiger partial charge in [0, 0.05) is 13.0 Å². The van der Waals surface area contributed by atoms with Crippen LogP contribution in [0.4, 0.5) is 5.69 Å². The smallest absolute Gasteiger partial charge is 0.335 e. The number of halogens is 1. The van der Waals surface area contributed by atoms with Crippen LogP contribution in [0.25, 0.3) is 0 Å². The van der Waals surface area contributed by atoms with Gasteiger partial charge in [0.1, 0.15) is 0 Å². The summed E-state index contributed by atoms with van der Waals surface area (Å²) in [4.78, 5) is 48.9. The first-order chi connectivity index (χ1) is 12.9. The molecule has 1 aliphatic heterocycles. The summed E-state index contributed by atoms with van der Waals surface area (Å²) < 4.78 is 0. The number of nitrogens with zero attached hydrogens (tertiary/aromatic N) is 1. The van der Waals surface area contributed by atoms with E-state index < -0.39 is 11.9 Å². The van der Waals surface area contributed by atoms with Crippen molar-refractivity contribution in [2.45, 2.75) is 19.3 Å². The van der Waals surface area contributed by atoms with Crippen molar-refractivity contribution in [3.63, 3.8) is 0 Å². The van der Waals surface area contributed by atoms with Crippen LogP contribution in [0.15, 0.2) is 30.4 Å². The standard InChI is InChI=1S/C18H18ClN3O5/c19-13-6-5-10(18(26)27)9-14(13)20-21-15(23)7-8-22-16(24)11-3-1-2-4-12(11)17(22)25/h1-2,5-6,9,11-12,20H,3-4,7-8H2,(H,21,23)(H,26,27)/t11-,12+. The van der Waals surface area contributed by atoms with E-state index in [2.05, 4.69) is 10.9 Å². The van der Waals surface area contributed by atoms with Gasteiger partial charge in [-0.15, -0.1) is 0 Å². The molecule has 1 aromatic carbocycles. The second-order valence-electron chi connectivity index (χ2n) is 6.41. The Morgan fingerprint density at radius 3 is 2.37 bits per heavy atom. The molecule has 1 aromatic rings. The van der Waals surface area contributed by atoms with E-state index in [1.54, 1.807) is 0 Å². The summed E-state index contributed by atoms with van der Waals surface area (Å²) in [6.45, 7) is 0.00107. The van der Waals surface area contributed by atoms with Crippen molar-refractivity contribution in [2.75, 3.05) is 12.0 Å². The predicted molar refractivity (Wildman–Crippen MR) is 96.9 cm³/mol. The average Bonchev–Trinajstić information content (AvgIpc) is 2.90. The Bertz CT molecular complexity index is 812. The topological polar surface area (TPSA) is 116 Å². The molecule has 0 spiro atoms. The van der Waals surface area contributed by atoms with Crippen LogP contribution in [0.1, 0.15) is 29.6 Å². The number of hydrogen-bond donors (Lipinski definition) is 3. The fraction of sp³-hybridized carbons (Fsp3) is 0.333. The molecule has 2 aliphatic rings. The Morgan fingerprint density at radius 1 is 1.15 bits per heavy atom. The number of hydrazine groups is 1. The summed E-state index contributed by atoms with van der Waals surface area (Å²) in [5.74, 6) is -2.68. The molecular formula is C18H18ClN3O5. The van der Waals surface area contributed by atoms with Gasteiger partial charge >= 0.3 is 5.97 Å². The maximum Gasteiger partial charge on any atom is 0.335 e. The summed E-state index contributed by atoms with van der Waals surface area (Å²) in [7, 11) is 0. The van der Waals surface area contributed by atoms with E-state index in [0.717, 1.165) is 4.90 Å². The number of fused-ring (bicyclic) bond motifs is 1. The fourth-order valence-corrected chi connectivity index (χ4v) is 3.42. The van der Waals surface area contributed by atoms with E-state index in [4.69, 9.17) is 16.7 Å². The molecule has 1 aliphatic carbocycles. The normalized spacial score (nSPS) is 21.1. The molecule has 3 rings (SSSR count). The van der Waals surface area contributed by atoms with Crippen LogP contribution in [0.2, 0.25) is 5.02 Å². The van der Waals surface area contributed by atoms with Crippen LogP contribution in [0, 0.1) is 11.8 Å². The summed E-state index contributed by atoms with van der Waals surface area (Å²) in [5, 5.41) is 9.23. The molecule has 142 valence electrons. The van der Waals surface area contributed by atoms with Crippen molar-refractivity contribution in [2.24, 2.45) is 11.8 Å². The van der Waals surface area contributed by atoms with Crippen molar-refractivity contribution < 1.29 is 24.3 Å². The minimum absolute atomic E-state index is 0.00107. The number of nitrogens with one attached hydrogen (secondary N) is 2. The lowest BCUT2D eigenvalue weighted by molar-refractivity contribution is -0.140.